The lowest BCUT2D eigenvalue weighted by molar-refractivity contribution is -0.136. The van der Waals surface area contributed by atoms with E-state index in [0.717, 1.165) is 45.5 Å². The van der Waals surface area contributed by atoms with E-state index in [1.807, 2.05) is 36.4 Å². The predicted octanol–water partition coefficient (Wildman–Crippen LogP) is 5.40. The summed E-state index contributed by atoms with van der Waals surface area (Å²) >= 11 is 0. The summed E-state index contributed by atoms with van der Waals surface area (Å²) in [4.78, 5) is 13.5. The number of aryl methyl sites for hydroxylation is 1. The summed E-state index contributed by atoms with van der Waals surface area (Å²) < 4.78 is 11.8. The van der Waals surface area contributed by atoms with Gasteiger partial charge in [-0.3, -0.25) is 9.69 Å². The molecule has 5 heteroatoms. The summed E-state index contributed by atoms with van der Waals surface area (Å²) in [5.74, 6) is 0.796. The Bertz CT molecular complexity index is 1070. The van der Waals surface area contributed by atoms with Gasteiger partial charge in [-0.25, -0.2) is 0 Å². The van der Waals surface area contributed by atoms with Crippen LogP contribution in [0.4, 0.5) is 0 Å². The lowest BCUT2D eigenvalue weighted by Gasteiger charge is -2.26. The Morgan fingerprint density at radius 2 is 1.75 bits per heavy atom. The molecule has 0 bridgehead atoms. The Balaban J connectivity index is 1.56. The second kappa shape index (κ2) is 10.5. The molecule has 32 heavy (non-hydrogen) atoms. The number of ether oxygens (including phenoxy) is 2. The second-order valence-electron chi connectivity index (χ2n) is 8.32. The van der Waals surface area contributed by atoms with Gasteiger partial charge in [-0.05, 0) is 66.4 Å². The standard InChI is InChI=1S/C27H31NO4/c1-31-26-19-21(32-18-17-28-15-3-2-4-16-28)12-13-25(26)24-10-6-8-22-20(11-14-27(29)30)7-5-9-23(22)24/h5-10,12-13,19H,2-4,11,14-18H2,1H3,(H,29,30). The molecule has 1 heterocycles. The number of fused-ring (bicyclic) bond motifs is 1. The summed E-state index contributed by atoms with van der Waals surface area (Å²) in [5, 5.41) is 11.2. The Morgan fingerprint density at radius 1 is 0.969 bits per heavy atom. The van der Waals surface area contributed by atoms with Crippen LogP contribution in [-0.2, 0) is 11.2 Å². The van der Waals surface area contributed by atoms with Crippen LogP contribution in [0.3, 0.4) is 0 Å². The Hall–Kier alpha value is -3.05. The molecule has 1 N–H and O–H groups in total. The van der Waals surface area contributed by atoms with Crippen LogP contribution >= 0.6 is 0 Å². The number of rotatable bonds is 9. The highest BCUT2D eigenvalue weighted by Crippen LogP contribution is 2.38. The zero-order chi connectivity index (χ0) is 22.3. The highest BCUT2D eigenvalue weighted by Gasteiger charge is 2.14. The second-order valence-corrected chi connectivity index (χ2v) is 8.32. The van der Waals surface area contributed by atoms with Crippen molar-refractivity contribution in [2.24, 2.45) is 0 Å². The van der Waals surface area contributed by atoms with Crippen molar-refractivity contribution in [3.05, 3.63) is 60.2 Å². The fourth-order valence-electron chi connectivity index (χ4n) is 4.53. The number of likely N-dealkylation sites (tertiary alicyclic amines) is 1. The summed E-state index contributed by atoms with van der Waals surface area (Å²) in [6.45, 7) is 3.96. The molecule has 0 radical (unpaired) electrons. The third kappa shape index (κ3) is 5.22. The third-order valence-corrected chi connectivity index (χ3v) is 6.21. The number of hydrogen-bond acceptors (Lipinski definition) is 4. The molecular formula is C27H31NO4. The van der Waals surface area contributed by atoms with Crippen molar-refractivity contribution in [3.63, 3.8) is 0 Å². The predicted molar refractivity (Wildman–Crippen MR) is 128 cm³/mol. The van der Waals surface area contributed by atoms with Crippen molar-refractivity contribution >= 4 is 16.7 Å². The first-order valence-electron chi connectivity index (χ1n) is 11.4. The van der Waals surface area contributed by atoms with Gasteiger partial charge in [-0.2, -0.15) is 0 Å². The SMILES string of the molecule is COc1cc(OCCN2CCCCC2)ccc1-c1cccc2c(CCC(=O)O)cccc12. The molecule has 3 aromatic rings. The largest absolute Gasteiger partial charge is 0.496 e. The first-order valence-corrected chi connectivity index (χ1v) is 11.4. The van der Waals surface area contributed by atoms with Gasteiger partial charge in [0, 0.05) is 24.6 Å². The number of nitrogens with zero attached hydrogens (tertiary/aromatic N) is 1. The van der Waals surface area contributed by atoms with E-state index in [0.29, 0.717) is 13.0 Å². The quantitative estimate of drug-likeness (QED) is 0.490. The van der Waals surface area contributed by atoms with Crippen molar-refractivity contribution in [1.82, 2.24) is 4.90 Å². The molecule has 5 nitrogen and oxygen atoms in total. The van der Waals surface area contributed by atoms with Gasteiger partial charge < -0.3 is 14.6 Å². The number of aliphatic carboxylic acids is 1. The van der Waals surface area contributed by atoms with Crippen molar-refractivity contribution in [1.29, 1.82) is 0 Å². The van der Waals surface area contributed by atoms with Crippen molar-refractivity contribution < 1.29 is 19.4 Å². The van der Waals surface area contributed by atoms with Crippen LogP contribution in [0.2, 0.25) is 0 Å². The minimum absolute atomic E-state index is 0.121. The molecule has 3 aromatic carbocycles. The molecule has 0 unspecified atom stereocenters. The number of hydrogen-bond donors (Lipinski definition) is 1. The van der Waals surface area contributed by atoms with Gasteiger partial charge >= 0.3 is 5.97 Å². The molecule has 4 rings (SSSR count). The zero-order valence-corrected chi connectivity index (χ0v) is 18.7. The molecule has 1 aliphatic rings. The molecule has 168 valence electrons. The van der Waals surface area contributed by atoms with Crippen molar-refractivity contribution in [2.75, 3.05) is 33.4 Å². The van der Waals surface area contributed by atoms with Crippen LogP contribution < -0.4 is 9.47 Å². The minimum atomic E-state index is -0.782. The molecule has 1 fully saturated rings. The number of carboxylic acid groups (broad SMARTS) is 1. The maximum atomic E-state index is 11.0. The van der Waals surface area contributed by atoms with Gasteiger partial charge in [0.1, 0.15) is 18.1 Å². The van der Waals surface area contributed by atoms with E-state index in [2.05, 4.69) is 23.1 Å². The molecular weight excluding hydrogens is 402 g/mol. The number of methoxy groups -OCH3 is 1. The highest BCUT2D eigenvalue weighted by molar-refractivity contribution is 5.99. The fourth-order valence-corrected chi connectivity index (χ4v) is 4.53. The van der Waals surface area contributed by atoms with E-state index in [1.165, 1.54) is 32.4 Å². The molecule has 0 aromatic heterocycles. The summed E-state index contributed by atoms with van der Waals surface area (Å²) in [7, 11) is 1.68. The maximum absolute atomic E-state index is 11.0. The number of carboxylic acids is 1. The summed E-state index contributed by atoms with van der Waals surface area (Å²) in [5.41, 5.74) is 3.11. The van der Waals surface area contributed by atoms with Crippen LogP contribution in [-0.4, -0.2) is 49.3 Å². The fraction of sp³-hybridized carbons (Fsp3) is 0.370. The van der Waals surface area contributed by atoms with E-state index in [9.17, 15) is 4.79 Å². The molecule has 0 spiro atoms. The monoisotopic (exact) mass is 433 g/mol. The smallest absolute Gasteiger partial charge is 0.303 e. The average Bonchev–Trinajstić information content (AvgIpc) is 2.83. The lowest BCUT2D eigenvalue weighted by atomic mass is 9.93. The molecule has 0 atom stereocenters. The highest BCUT2D eigenvalue weighted by atomic mass is 16.5. The summed E-state index contributed by atoms with van der Waals surface area (Å²) in [6.07, 6.45) is 4.54. The number of carbonyl (C=O) groups is 1. The zero-order valence-electron chi connectivity index (χ0n) is 18.7. The first kappa shape index (κ1) is 22.2. The molecule has 0 amide bonds. The van der Waals surface area contributed by atoms with Crippen molar-refractivity contribution in [2.45, 2.75) is 32.1 Å². The maximum Gasteiger partial charge on any atom is 0.303 e. The van der Waals surface area contributed by atoms with E-state index in [-0.39, 0.29) is 6.42 Å². The van der Waals surface area contributed by atoms with Crippen LogP contribution in [0.5, 0.6) is 11.5 Å². The molecule has 0 aliphatic carbocycles. The van der Waals surface area contributed by atoms with Crippen LogP contribution in [0.1, 0.15) is 31.2 Å². The normalized spacial score (nSPS) is 14.4. The Kier molecular flexibility index (Phi) is 7.28. The number of benzene rings is 3. The van der Waals surface area contributed by atoms with Gasteiger partial charge in [-0.15, -0.1) is 0 Å². The topological polar surface area (TPSA) is 59.0 Å². The Labute approximate surface area is 189 Å². The minimum Gasteiger partial charge on any atom is -0.496 e. The van der Waals surface area contributed by atoms with Gasteiger partial charge in [0.15, 0.2) is 0 Å². The third-order valence-electron chi connectivity index (χ3n) is 6.21. The van der Waals surface area contributed by atoms with Gasteiger partial charge in [0.25, 0.3) is 0 Å². The van der Waals surface area contributed by atoms with Crippen LogP contribution in [0.25, 0.3) is 21.9 Å². The van der Waals surface area contributed by atoms with Crippen LogP contribution in [0.15, 0.2) is 54.6 Å². The number of piperidine rings is 1. The van der Waals surface area contributed by atoms with Gasteiger partial charge in [0.05, 0.1) is 7.11 Å². The van der Waals surface area contributed by atoms with Gasteiger partial charge in [-0.1, -0.05) is 42.8 Å². The van der Waals surface area contributed by atoms with Gasteiger partial charge in [0.2, 0.25) is 0 Å². The van der Waals surface area contributed by atoms with Crippen LogP contribution in [0, 0.1) is 0 Å². The van der Waals surface area contributed by atoms with E-state index < -0.39 is 5.97 Å². The Morgan fingerprint density at radius 3 is 2.53 bits per heavy atom. The van der Waals surface area contributed by atoms with E-state index in [4.69, 9.17) is 14.6 Å². The summed E-state index contributed by atoms with van der Waals surface area (Å²) in [6, 6.07) is 18.2. The molecule has 1 saturated heterocycles. The van der Waals surface area contributed by atoms with E-state index >= 15 is 0 Å². The van der Waals surface area contributed by atoms with E-state index in [1.54, 1.807) is 7.11 Å². The lowest BCUT2D eigenvalue weighted by Crippen LogP contribution is -2.33. The first-order chi connectivity index (χ1) is 15.7. The van der Waals surface area contributed by atoms with Crippen molar-refractivity contribution in [3.8, 4) is 22.6 Å². The molecule has 1 aliphatic heterocycles. The average molecular weight is 434 g/mol. The molecule has 0 saturated carbocycles.